The number of hydrogen-bond acceptors (Lipinski definition) is 3. The molecule has 0 aliphatic carbocycles. The normalized spacial score (nSPS) is 15.6. The second kappa shape index (κ2) is 7.41. The van der Waals surface area contributed by atoms with Crippen LogP contribution in [0.5, 0.6) is 5.75 Å². The van der Waals surface area contributed by atoms with Crippen LogP contribution in [0.2, 0.25) is 0 Å². The highest BCUT2D eigenvalue weighted by molar-refractivity contribution is 7.80. The smallest absolute Gasteiger partial charge is 0.173 e. The maximum absolute atomic E-state index is 11.7. The van der Waals surface area contributed by atoms with Crippen LogP contribution in [0.1, 0.15) is 26.2 Å². The maximum atomic E-state index is 11.7. The zero-order valence-corrected chi connectivity index (χ0v) is 13.4. The fraction of sp³-hybridized carbons (Fsp3) is 0.500. The Hall–Kier alpha value is -1.62. The summed E-state index contributed by atoms with van der Waals surface area (Å²) in [6.45, 7) is 3.59. The van der Waals surface area contributed by atoms with Crippen LogP contribution in [0.15, 0.2) is 24.3 Å². The summed E-state index contributed by atoms with van der Waals surface area (Å²) in [5.41, 5.74) is 0.872. The zero-order valence-electron chi connectivity index (χ0n) is 12.6. The Morgan fingerprint density at radius 3 is 2.67 bits per heavy atom. The molecule has 0 bridgehead atoms. The van der Waals surface area contributed by atoms with E-state index in [4.69, 9.17) is 17.0 Å². The van der Waals surface area contributed by atoms with Gasteiger partial charge in [-0.25, -0.2) is 0 Å². The number of thiocarbonyl (C=S) groups is 1. The van der Waals surface area contributed by atoms with Gasteiger partial charge in [-0.1, -0.05) is 19.1 Å². The summed E-state index contributed by atoms with van der Waals surface area (Å²) in [5, 5.41) is 3.93. The van der Waals surface area contributed by atoms with E-state index in [1.807, 2.05) is 31.2 Å². The highest BCUT2D eigenvalue weighted by Crippen LogP contribution is 2.25. The molecule has 5 heteroatoms. The van der Waals surface area contributed by atoms with E-state index in [1.165, 1.54) is 0 Å². The molecule has 4 nitrogen and oxygen atoms in total. The molecule has 1 fully saturated rings. The topological polar surface area (TPSA) is 41.6 Å². The fourth-order valence-corrected chi connectivity index (χ4v) is 2.93. The molecule has 1 N–H and O–H groups in total. The van der Waals surface area contributed by atoms with Gasteiger partial charge in [0.25, 0.3) is 0 Å². The molecule has 1 aliphatic heterocycles. The number of Topliss-reactive ketones (excluding diaryl/α,β-unsaturated/α-hetero) is 1. The number of para-hydroxylation sites is 2. The minimum Gasteiger partial charge on any atom is -0.495 e. The highest BCUT2D eigenvalue weighted by atomic mass is 32.1. The molecule has 0 saturated carbocycles. The monoisotopic (exact) mass is 306 g/mol. The largest absolute Gasteiger partial charge is 0.495 e. The van der Waals surface area contributed by atoms with Crippen molar-refractivity contribution in [3.8, 4) is 5.75 Å². The van der Waals surface area contributed by atoms with Gasteiger partial charge in [-0.15, -0.1) is 0 Å². The van der Waals surface area contributed by atoms with Crippen molar-refractivity contribution >= 4 is 28.8 Å². The molecule has 0 amide bonds. The van der Waals surface area contributed by atoms with Gasteiger partial charge in [0.1, 0.15) is 11.5 Å². The number of likely N-dealkylation sites (tertiary alicyclic amines) is 1. The van der Waals surface area contributed by atoms with Crippen molar-refractivity contribution in [2.45, 2.75) is 26.2 Å². The molecule has 1 aromatic rings. The van der Waals surface area contributed by atoms with Gasteiger partial charge in [0.05, 0.1) is 12.8 Å². The number of anilines is 1. The minimum absolute atomic E-state index is 0.209. The predicted molar refractivity (Wildman–Crippen MR) is 88.8 cm³/mol. The van der Waals surface area contributed by atoms with E-state index >= 15 is 0 Å². The molecule has 1 aromatic carbocycles. The molecule has 114 valence electrons. The molecule has 2 rings (SSSR count). The number of hydrogen-bond donors (Lipinski definition) is 1. The molecule has 1 saturated heterocycles. The molecule has 0 aromatic heterocycles. The van der Waals surface area contributed by atoms with E-state index in [0.717, 1.165) is 37.4 Å². The molecule has 0 radical (unpaired) electrons. The number of methoxy groups -OCH3 is 1. The number of carbonyl (C=O) groups excluding carboxylic acids is 1. The average molecular weight is 306 g/mol. The number of benzene rings is 1. The fourth-order valence-electron chi connectivity index (χ4n) is 2.64. The van der Waals surface area contributed by atoms with Crippen LogP contribution < -0.4 is 10.1 Å². The number of ketones is 1. The third-order valence-corrected chi connectivity index (χ3v) is 4.29. The van der Waals surface area contributed by atoms with Gasteiger partial charge in [0, 0.05) is 25.4 Å². The Kier molecular flexibility index (Phi) is 5.56. The summed E-state index contributed by atoms with van der Waals surface area (Å²) < 4.78 is 5.31. The zero-order chi connectivity index (χ0) is 15.2. The molecule has 0 spiro atoms. The second-order valence-corrected chi connectivity index (χ2v) is 5.60. The summed E-state index contributed by atoms with van der Waals surface area (Å²) in [7, 11) is 1.64. The highest BCUT2D eigenvalue weighted by Gasteiger charge is 2.25. The molecule has 1 heterocycles. The van der Waals surface area contributed by atoms with Gasteiger partial charge < -0.3 is 15.0 Å². The predicted octanol–water partition coefficient (Wildman–Crippen LogP) is 3.08. The lowest BCUT2D eigenvalue weighted by molar-refractivity contribution is -0.123. The lowest BCUT2D eigenvalue weighted by Gasteiger charge is -2.33. The number of carbonyl (C=O) groups is 1. The molecular formula is C16H22N2O2S. The van der Waals surface area contributed by atoms with Gasteiger partial charge in [-0.2, -0.15) is 0 Å². The standard InChI is InChI=1S/C16H22N2O2S/c1-3-14(19)12-8-10-18(11-9-12)16(21)17-13-6-4-5-7-15(13)20-2/h4-7,12H,3,8-11H2,1-2H3,(H,17,21). The maximum Gasteiger partial charge on any atom is 0.173 e. The quantitative estimate of drug-likeness (QED) is 0.866. The van der Waals surface area contributed by atoms with Crippen molar-refractivity contribution in [2.24, 2.45) is 5.92 Å². The van der Waals surface area contributed by atoms with E-state index in [9.17, 15) is 4.79 Å². The number of rotatable bonds is 4. The number of nitrogens with one attached hydrogen (secondary N) is 1. The van der Waals surface area contributed by atoms with Crippen LogP contribution in [-0.2, 0) is 4.79 Å². The SMILES string of the molecule is CCC(=O)C1CCN(C(=S)Nc2ccccc2OC)CC1. The number of piperidine rings is 1. The van der Waals surface area contributed by atoms with Crippen LogP contribution in [-0.4, -0.2) is 36.0 Å². The third kappa shape index (κ3) is 3.94. The molecule has 21 heavy (non-hydrogen) atoms. The van der Waals surface area contributed by atoms with Crippen LogP contribution in [0.3, 0.4) is 0 Å². The summed E-state index contributed by atoms with van der Waals surface area (Å²) >= 11 is 5.47. The Morgan fingerprint density at radius 1 is 1.38 bits per heavy atom. The minimum atomic E-state index is 0.209. The van der Waals surface area contributed by atoms with Gasteiger partial charge in [-0.05, 0) is 37.2 Å². The van der Waals surface area contributed by atoms with Gasteiger partial charge in [0.2, 0.25) is 0 Å². The lowest BCUT2D eigenvalue weighted by Crippen LogP contribution is -2.42. The van der Waals surface area contributed by atoms with E-state index < -0.39 is 0 Å². The first kappa shape index (κ1) is 15.8. The first-order valence-electron chi connectivity index (χ1n) is 7.37. The van der Waals surface area contributed by atoms with Crippen molar-refractivity contribution in [1.29, 1.82) is 0 Å². The van der Waals surface area contributed by atoms with E-state index in [2.05, 4.69) is 10.2 Å². The van der Waals surface area contributed by atoms with Crippen molar-refractivity contribution in [3.05, 3.63) is 24.3 Å². The second-order valence-electron chi connectivity index (χ2n) is 5.21. The summed E-state index contributed by atoms with van der Waals surface area (Å²) in [6, 6.07) is 7.71. The molecule has 1 aliphatic rings. The lowest BCUT2D eigenvalue weighted by atomic mass is 9.91. The van der Waals surface area contributed by atoms with Crippen molar-refractivity contribution in [1.82, 2.24) is 4.90 Å². The molecule has 0 unspecified atom stereocenters. The van der Waals surface area contributed by atoms with Crippen LogP contribution >= 0.6 is 12.2 Å². The Labute approximate surface area is 131 Å². The van der Waals surface area contributed by atoms with Crippen molar-refractivity contribution in [3.63, 3.8) is 0 Å². The number of nitrogens with zero attached hydrogens (tertiary/aromatic N) is 1. The number of ether oxygens (including phenoxy) is 1. The summed E-state index contributed by atoms with van der Waals surface area (Å²) in [4.78, 5) is 13.9. The van der Waals surface area contributed by atoms with Crippen LogP contribution in [0.4, 0.5) is 5.69 Å². The Morgan fingerprint density at radius 2 is 2.05 bits per heavy atom. The van der Waals surface area contributed by atoms with Crippen molar-refractivity contribution < 1.29 is 9.53 Å². The molecular weight excluding hydrogens is 284 g/mol. The van der Waals surface area contributed by atoms with Crippen LogP contribution in [0.25, 0.3) is 0 Å². The van der Waals surface area contributed by atoms with Gasteiger partial charge >= 0.3 is 0 Å². The van der Waals surface area contributed by atoms with E-state index in [-0.39, 0.29) is 5.92 Å². The summed E-state index contributed by atoms with van der Waals surface area (Å²) in [6.07, 6.45) is 2.41. The van der Waals surface area contributed by atoms with Crippen molar-refractivity contribution in [2.75, 3.05) is 25.5 Å². The Bertz CT molecular complexity index is 511. The van der Waals surface area contributed by atoms with E-state index in [0.29, 0.717) is 17.3 Å². The van der Waals surface area contributed by atoms with E-state index in [1.54, 1.807) is 7.11 Å². The third-order valence-electron chi connectivity index (χ3n) is 3.93. The van der Waals surface area contributed by atoms with Gasteiger partial charge in [-0.3, -0.25) is 4.79 Å². The summed E-state index contributed by atoms with van der Waals surface area (Å²) in [5.74, 6) is 1.36. The molecule has 0 atom stereocenters. The average Bonchev–Trinajstić information content (AvgIpc) is 2.54. The van der Waals surface area contributed by atoms with Gasteiger partial charge in [0.15, 0.2) is 5.11 Å². The van der Waals surface area contributed by atoms with Crippen LogP contribution in [0, 0.1) is 5.92 Å². The first-order valence-corrected chi connectivity index (χ1v) is 7.78. The Balaban J connectivity index is 1.92. The first-order chi connectivity index (χ1) is 10.2.